The van der Waals surface area contributed by atoms with Gasteiger partial charge in [-0.25, -0.2) is 0 Å². The zero-order chi connectivity index (χ0) is 16.3. The Morgan fingerprint density at radius 3 is 2.55 bits per heavy atom. The standard InChI is InChI=1S/C13H15NO8/c1-7(15)21-12-11(17)10(16)6-20-13(12)22-9-4-2-8(3-5-9)14(18)19/h2-5,10-13,16-17H,6H2,1H3/t10-,11+,12-,13+/m1/s1. The molecule has 1 aliphatic heterocycles. The zero-order valence-electron chi connectivity index (χ0n) is 11.6. The summed E-state index contributed by atoms with van der Waals surface area (Å²) in [6, 6.07) is 5.18. The Morgan fingerprint density at radius 1 is 1.36 bits per heavy atom. The summed E-state index contributed by atoms with van der Waals surface area (Å²) >= 11 is 0. The molecule has 2 N–H and O–H groups in total. The van der Waals surface area contributed by atoms with Crippen LogP contribution in [0.2, 0.25) is 0 Å². The number of benzene rings is 1. The molecular formula is C13H15NO8. The van der Waals surface area contributed by atoms with E-state index in [1.54, 1.807) is 0 Å². The van der Waals surface area contributed by atoms with Crippen LogP contribution in [0.5, 0.6) is 5.75 Å². The second-order valence-electron chi connectivity index (χ2n) is 4.70. The molecule has 1 heterocycles. The Bertz CT molecular complexity index is 545. The highest BCUT2D eigenvalue weighted by molar-refractivity contribution is 5.66. The number of aliphatic hydroxyl groups is 2. The van der Waals surface area contributed by atoms with Crippen LogP contribution in [0.4, 0.5) is 5.69 Å². The van der Waals surface area contributed by atoms with Gasteiger partial charge in [0.2, 0.25) is 6.29 Å². The van der Waals surface area contributed by atoms with Gasteiger partial charge in [0.15, 0.2) is 6.10 Å². The van der Waals surface area contributed by atoms with Crippen molar-refractivity contribution >= 4 is 11.7 Å². The summed E-state index contributed by atoms with van der Waals surface area (Å²) in [4.78, 5) is 21.1. The third kappa shape index (κ3) is 3.70. The maximum absolute atomic E-state index is 11.1. The zero-order valence-corrected chi connectivity index (χ0v) is 11.6. The SMILES string of the molecule is CC(=O)O[C@H]1[C@H](Oc2ccc([N+](=O)[O-])cc2)OC[C@@H](O)[C@@H]1O. The minimum atomic E-state index is -1.36. The average Bonchev–Trinajstić information content (AvgIpc) is 2.47. The molecule has 0 unspecified atom stereocenters. The predicted octanol–water partition coefficient (Wildman–Crippen LogP) is -0.0166. The lowest BCUT2D eigenvalue weighted by Crippen LogP contribution is -2.56. The van der Waals surface area contributed by atoms with Gasteiger partial charge >= 0.3 is 5.97 Å². The number of ether oxygens (including phenoxy) is 3. The number of esters is 1. The minimum Gasteiger partial charge on any atom is -0.461 e. The molecule has 0 spiro atoms. The van der Waals surface area contributed by atoms with E-state index in [1.165, 1.54) is 24.3 Å². The van der Waals surface area contributed by atoms with Crippen LogP contribution in [0.25, 0.3) is 0 Å². The maximum atomic E-state index is 11.1. The van der Waals surface area contributed by atoms with Gasteiger partial charge in [-0.1, -0.05) is 0 Å². The van der Waals surface area contributed by atoms with Crippen molar-refractivity contribution < 1.29 is 34.1 Å². The number of carbonyl (C=O) groups is 1. The number of nitro benzene ring substituents is 1. The molecular weight excluding hydrogens is 298 g/mol. The van der Waals surface area contributed by atoms with Crippen LogP contribution in [0.1, 0.15) is 6.92 Å². The number of nitro groups is 1. The molecule has 1 aromatic rings. The number of non-ortho nitro benzene ring substituents is 1. The van der Waals surface area contributed by atoms with E-state index >= 15 is 0 Å². The van der Waals surface area contributed by atoms with Crippen molar-refractivity contribution in [1.29, 1.82) is 0 Å². The lowest BCUT2D eigenvalue weighted by molar-refractivity contribution is -0.384. The molecule has 4 atom stereocenters. The van der Waals surface area contributed by atoms with E-state index in [1.807, 2.05) is 0 Å². The molecule has 1 aromatic carbocycles. The van der Waals surface area contributed by atoms with E-state index in [0.717, 1.165) is 6.92 Å². The molecule has 0 radical (unpaired) electrons. The molecule has 120 valence electrons. The lowest BCUT2D eigenvalue weighted by atomic mass is 10.1. The van der Waals surface area contributed by atoms with Crippen molar-refractivity contribution in [3.63, 3.8) is 0 Å². The Hall–Kier alpha value is -2.23. The van der Waals surface area contributed by atoms with E-state index in [4.69, 9.17) is 14.2 Å². The number of hydrogen-bond acceptors (Lipinski definition) is 8. The fourth-order valence-electron chi connectivity index (χ4n) is 1.97. The first-order valence-electron chi connectivity index (χ1n) is 6.44. The van der Waals surface area contributed by atoms with Gasteiger partial charge in [0.05, 0.1) is 11.5 Å². The van der Waals surface area contributed by atoms with Crippen LogP contribution in [-0.2, 0) is 14.3 Å². The fraction of sp³-hybridized carbons (Fsp3) is 0.462. The highest BCUT2D eigenvalue weighted by Gasteiger charge is 2.42. The van der Waals surface area contributed by atoms with Gasteiger partial charge in [-0.3, -0.25) is 14.9 Å². The molecule has 1 aliphatic rings. The summed E-state index contributed by atoms with van der Waals surface area (Å²) in [5, 5.41) is 30.0. The van der Waals surface area contributed by atoms with Crippen LogP contribution in [0.3, 0.4) is 0 Å². The smallest absolute Gasteiger partial charge is 0.303 e. The number of hydrogen-bond donors (Lipinski definition) is 2. The third-order valence-corrected chi connectivity index (χ3v) is 3.03. The minimum absolute atomic E-state index is 0.107. The fourth-order valence-corrected chi connectivity index (χ4v) is 1.97. The number of carbonyl (C=O) groups excluding carboxylic acids is 1. The van der Waals surface area contributed by atoms with Crippen LogP contribution in [0.15, 0.2) is 24.3 Å². The van der Waals surface area contributed by atoms with Crippen LogP contribution in [-0.4, -0.2) is 52.3 Å². The van der Waals surface area contributed by atoms with Crippen LogP contribution in [0, 0.1) is 10.1 Å². The second kappa shape index (κ2) is 6.69. The van der Waals surface area contributed by atoms with E-state index in [9.17, 15) is 25.1 Å². The van der Waals surface area contributed by atoms with Crippen molar-refractivity contribution in [3.05, 3.63) is 34.4 Å². The summed E-state index contributed by atoms with van der Waals surface area (Å²) in [7, 11) is 0. The lowest BCUT2D eigenvalue weighted by Gasteiger charge is -2.37. The quantitative estimate of drug-likeness (QED) is 0.451. The summed E-state index contributed by atoms with van der Waals surface area (Å²) in [5.74, 6) is -0.435. The number of aliphatic hydroxyl groups excluding tert-OH is 2. The monoisotopic (exact) mass is 313 g/mol. The summed E-state index contributed by atoms with van der Waals surface area (Å²) in [5.41, 5.74) is -0.107. The Morgan fingerprint density at radius 2 is 2.00 bits per heavy atom. The summed E-state index contributed by atoms with van der Waals surface area (Å²) in [6.45, 7) is 0.952. The van der Waals surface area contributed by atoms with Gasteiger partial charge < -0.3 is 24.4 Å². The molecule has 9 heteroatoms. The molecule has 0 amide bonds. The predicted molar refractivity (Wildman–Crippen MR) is 71.0 cm³/mol. The van der Waals surface area contributed by atoms with Crippen LogP contribution < -0.4 is 4.74 Å². The molecule has 0 saturated carbocycles. The first-order valence-corrected chi connectivity index (χ1v) is 6.44. The van der Waals surface area contributed by atoms with Gasteiger partial charge in [0.1, 0.15) is 18.0 Å². The first kappa shape index (κ1) is 16.1. The largest absolute Gasteiger partial charge is 0.461 e. The van der Waals surface area contributed by atoms with Crippen LogP contribution >= 0.6 is 0 Å². The van der Waals surface area contributed by atoms with Crippen molar-refractivity contribution in [2.75, 3.05) is 6.61 Å². The number of rotatable bonds is 4. The molecule has 1 fully saturated rings. The third-order valence-electron chi connectivity index (χ3n) is 3.03. The van der Waals surface area contributed by atoms with Crippen molar-refractivity contribution in [2.24, 2.45) is 0 Å². The first-order chi connectivity index (χ1) is 10.4. The van der Waals surface area contributed by atoms with E-state index in [2.05, 4.69) is 0 Å². The molecule has 2 rings (SSSR count). The molecule has 0 aromatic heterocycles. The topological polar surface area (TPSA) is 128 Å². The number of nitrogens with zero attached hydrogens (tertiary/aromatic N) is 1. The Labute approximate surface area is 125 Å². The van der Waals surface area contributed by atoms with Crippen molar-refractivity contribution in [3.8, 4) is 5.75 Å². The normalized spacial score (nSPS) is 28.0. The van der Waals surface area contributed by atoms with Gasteiger partial charge in [-0.05, 0) is 12.1 Å². The molecule has 0 aliphatic carbocycles. The molecule has 1 saturated heterocycles. The van der Waals surface area contributed by atoms with Gasteiger partial charge in [0, 0.05) is 19.1 Å². The maximum Gasteiger partial charge on any atom is 0.303 e. The van der Waals surface area contributed by atoms with Crippen molar-refractivity contribution in [1.82, 2.24) is 0 Å². The molecule has 0 bridgehead atoms. The van der Waals surface area contributed by atoms with Crippen molar-refractivity contribution in [2.45, 2.75) is 31.5 Å². The Balaban J connectivity index is 2.11. The summed E-state index contributed by atoms with van der Waals surface area (Å²) in [6.07, 6.45) is -4.91. The average molecular weight is 313 g/mol. The van der Waals surface area contributed by atoms with E-state index in [0.29, 0.717) is 0 Å². The molecule has 22 heavy (non-hydrogen) atoms. The second-order valence-corrected chi connectivity index (χ2v) is 4.70. The van der Waals surface area contributed by atoms with Gasteiger partial charge in [-0.2, -0.15) is 0 Å². The summed E-state index contributed by atoms with van der Waals surface area (Å²) < 4.78 is 15.6. The van der Waals surface area contributed by atoms with E-state index in [-0.39, 0.29) is 18.0 Å². The highest BCUT2D eigenvalue weighted by atomic mass is 16.7. The highest BCUT2D eigenvalue weighted by Crippen LogP contribution is 2.24. The van der Waals surface area contributed by atoms with E-state index < -0.39 is 35.5 Å². The molecule has 9 nitrogen and oxygen atoms in total. The Kier molecular flexibility index (Phi) is 4.91. The van der Waals surface area contributed by atoms with Gasteiger partial charge in [-0.15, -0.1) is 0 Å². The van der Waals surface area contributed by atoms with Gasteiger partial charge in [0.25, 0.3) is 5.69 Å².